The molecule has 0 N–H and O–H groups in total. The first-order valence-corrected chi connectivity index (χ1v) is 8.28. The molecule has 0 fully saturated rings. The number of carbonyl (C=O) groups excluding carboxylic acids is 1. The summed E-state index contributed by atoms with van der Waals surface area (Å²) in [4.78, 5) is 14.3. The van der Waals surface area contributed by atoms with E-state index >= 15 is 0 Å². The fourth-order valence-corrected chi connectivity index (χ4v) is 2.96. The molecule has 0 unspecified atom stereocenters. The van der Waals surface area contributed by atoms with Crippen LogP contribution in [0.15, 0.2) is 28.8 Å². The summed E-state index contributed by atoms with van der Waals surface area (Å²) in [5.74, 6) is 1.57. The van der Waals surface area contributed by atoms with Crippen LogP contribution in [-0.4, -0.2) is 31.6 Å². The van der Waals surface area contributed by atoms with Crippen molar-refractivity contribution in [2.24, 2.45) is 0 Å². The highest BCUT2D eigenvalue weighted by molar-refractivity contribution is 9.10. The van der Waals surface area contributed by atoms with Crippen LogP contribution in [0.4, 0.5) is 0 Å². The van der Waals surface area contributed by atoms with E-state index in [-0.39, 0.29) is 5.91 Å². The second-order valence-electron chi connectivity index (χ2n) is 5.27. The Morgan fingerprint density at radius 3 is 2.55 bits per heavy atom. The molecule has 1 amide bonds. The number of carbonyl (C=O) groups is 1. The molecule has 0 saturated heterocycles. The third-order valence-corrected chi connectivity index (χ3v) is 4.50. The Morgan fingerprint density at radius 1 is 1.14 bits per heavy atom. The number of allylic oxidation sites excluding steroid dienone is 1. The van der Waals surface area contributed by atoms with Crippen molar-refractivity contribution in [2.45, 2.75) is 32.2 Å². The van der Waals surface area contributed by atoms with Crippen LogP contribution in [0.5, 0.6) is 11.5 Å². The molecule has 0 saturated carbocycles. The lowest BCUT2D eigenvalue weighted by Gasteiger charge is -2.23. The number of methoxy groups -OCH3 is 2. The average molecular weight is 368 g/mol. The lowest BCUT2D eigenvalue weighted by atomic mass is 10.1. The minimum absolute atomic E-state index is 0.213. The van der Waals surface area contributed by atoms with Gasteiger partial charge in [-0.1, -0.05) is 28.1 Å². The molecule has 4 nitrogen and oxygen atoms in total. The lowest BCUT2D eigenvalue weighted by molar-refractivity contribution is -0.131. The summed E-state index contributed by atoms with van der Waals surface area (Å²) in [5, 5.41) is 0. The van der Waals surface area contributed by atoms with Gasteiger partial charge in [-0.3, -0.25) is 4.79 Å². The Labute approximate surface area is 140 Å². The molecule has 0 radical (unpaired) electrons. The van der Waals surface area contributed by atoms with Crippen LogP contribution in [0.2, 0.25) is 0 Å². The zero-order chi connectivity index (χ0) is 15.9. The molecule has 5 heteroatoms. The van der Waals surface area contributed by atoms with Gasteiger partial charge < -0.3 is 14.4 Å². The lowest BCUT2D eigenvalue weighted by Crippen LogP contribution is -2.31. The maximum atomic E-state index is 12.3. The van der Waals surface area contributed by atoms with E-state index in [2.05, 4.69) is 28.1 Å². The van der Waals surface area contributed by atoms with Crippen molar-refractivity contribution in [2.75, 3.05) is 20.8 Å². The molecule has 1 aliphatic heterocycles. The predicted octanol–water partition coefficient (Wildman–Crippen LogP) is 3.93. The van der Waals surface area contributed by atoms with Gasteiger partial charge in [0.05, 0.1) is 14.2 Å². The maximum Gasteiger partial charge on any atom is 0.222 e. The average Bonchev–Trinajstić information content (AvgIpc) is 2.62. The minimum Gasteiger partial charge on any atom is -0.493 e. The topological polar surface area (TPSA) is 38.8 Å². The summed E-state index contributed by atoms with van der Waals surface area (Å²) in [6, 6.07) is 3.81. The van der Waals surface area contributed by atoms with Crippen LogP contribution in [-0.2, 0) is 11.3 Å². The fourth-order valence-electron chi connectivity index (χ4n) is 2.51. The molecular formula is C17H22BrNO3. The minimum atomic E-state index is 0.213. The highest BCUT2D eigenvalue weighted by atomic mass is 79.9. The highest BCUT2D eigenvalue weighted by Crippen LogP contribution is 2.34. The number of halogens is 1. The molecule has 0 bridgehead atoms. The number of hydrogen-bond acceptors (Lipinski definition) is 3. The van der Waals surface area contributed by atoms with Crippen LogP contribution < -0.4 is 9.47 Å². The van der Waals surface area contributed by atoms with Crippen molar-refractivity contribution in [1.29, 1.82) is 0 Å². The standard InChI is InChI=1S/C17H22BrNO3/c1-21-15-10-13(14(18)11-16(15)22-2)12-19-9-7-5-3-4-6-8-17(19)20/h3,5,10-11H,4,6-9,12H2,1-2H3. The van der Waals surface area contributed by atoms with Crippen molar-refractivity contribution in [3.63, 3.8) is 0 Å². The molecule has 0 aromatic heterocycles. The molecule has 0 aliphatic carbocycles. The zero-order valence-electron chi connectivity index (χ0n) is 13.1. The number of benzene rings is 1. The number of hydrogen-bond donors (Lipinski definition) is 0. The maximum absolute atomic E-state index is 12.3. The van der Waals surface area contributed by atoms with Gasteiger partial charge in [-0.25, -0.2) is 0 Å². The van der Waals surface area contributed by atoms with E-state index in [0.29, 0.717) is 24.5 Å². The summed E-state index contributed by atoms with van der Waals surface area (Å²) in [6.45, 7) is 1.32. The van der Waals surface area contributed by atoms with Crippen LogP contribution in [0.3, 0.4) is 0 Å². The van der Waals surface area contributed by atoms with Gasteiger partial charge in [-0.05, 0) is 37.0 Å². The number of nitrogens with zero attached hydrogens (tertiary/aromatic N) is 1. The van der Waals surface area contributed by atoms with E-state index in [0.717, 1.165) is 35.8 Å². The van der Waals surface area contributed by atoms with Crippen molar-refractivity contribution in [3.8, 4) is 11.5 Å². The molecule has 1 heterocycles. The van der Waals surface area contributed by atoms with Crippen molar-refractivity contribution < 1.29 is 14.3 Å². The normalized spacial score (nSPS) is 16.0. The van der Waals surface area contributed by atoms with Crippen LogP contribution in [0.1, 0.15) is 31.2 Å². The van der Waals surface area contributed by atoms with Crippen LogP contribution in [0, 0.1) is 0 Å². The van der Waals surface area contributed by atoms with E-state index in [4.69, 9.17) is 9.47 Å². The molecule has 1 aliphatic rings. The van der Waals surface area contributed by atoms with Gasteiger partial charge >= 0.3 is 0 Å². The smallest absolute Gasteiger partial charge is 0.222 e. The summed E-state index contributed by atoms with van der Waals surface area (Å²) in [7, 11) is 3.23. The second-order valence-corrected chi connectivity index (χ2v) is 6.12. The van der Waals surface area contributed by atoms with Crippen LogP contribution in [0.25, 0.3) is 0 Å². The summed E-state index contributed by atoms with van der Waals surface area (Å²) >= 11 is 3.56. The van der Waals surface area contributed by atoms with Gasteiger partial charge in [0.25, 0.3) is 0 Å². The largest absolute Gasteiger partial charge is 0.493 e. The van der Waals surface area contributed by atoms with Gasteiger partial charge in [-0.2, -0.15) is 0 Å². The van der Waals surface area contributed by atoms with Gasteiger partial charge in [0.1, 0.15) is 0 Å². The first-order valence-electron chi connectivity index (χ1n) is 7.49. The SMILES string of the molecule is COc1cc(Br)c(CN2CCC=CCCCC2=O)cc1OC. The number of ether oxygens (including phenoxy) is 2. The van der Waals surface area contributed by atoms with E-state index in [9.17, 15) is 4.79 Å². The summed E-state index contributed by atoms with van der Waals surface area (Å²) in [5.41, 5.74) is 1.02. The van der Waals surface area contributed by atoms with Crippen molar-refractivity contribution in [3.05, 3.63) is 34.3 Å². The molecular weight excluding hydrogens is 346 g/mol. The monoisotopic (exact) mass is 367 g/mol. The third-order valence-electron chi connectivity index (χ3n) is 3.76. The Morgan fingerprint density at radius 2 is 1.82 bits per heavy atom. The van der Waals surface area contributed by atoms with E-state index in [1.165, 1.54) is 0 Å². The van der Waals surface area contributed by atoms with Crippen molar-refractivity contribution in [1.82, 2.24) is 4.90 Å². The zero-order valence-corrected chi connectivity index (χ0v) is 14.7. The summed E-state index contributed by atoms with van der Waals surface area (Å²) < 4.78 is 11.6. The van der Waals surface area contributed by atoms with Gasteiger partial charge in [0.2, 0.25) is 5.91 Å². The Kier molecular flexibility index (Phi) is 6.31. The molecule has 1 aromatic carbocycles. The van der Waals surface area contributed by atoms with Gasteiger partial charge in [-0.15, -0.1) is 0 Å². The molecule has 22 heavy (non-hydrogen) atoms. The van der Waals surface area contributed by atoms with E-state index in [1.807, 2.05) is 17.0 Å². The Hall–Kier alpha value is -1.49. The molecule has 0 spiro atoms. The number of amides is 1. The van der Waals surface area contributed by atoms with Crippen molar-refractivity contribution >= 4 is 21.8 Å². The molecule has 1 aromatic rings. The summed E-state index contributed by atoms with van der Waals surface area (Å²) in [6.07, 6.45) is 7.74. The third kappa shape index (κ3) is 4.26. The molecule has 0 atom stereocenters. The van der Waals surface area contributed by atoms with Gasteiger partial charge in [0.15, 0.2) is 11.5 Å². The van der Waals surface area contributed by atoms with E-state index in [1.54, 1.807) is 14.2 Å². The Balaban J connectivity index is 2.20. The predicted molar refractivity (Wildman–Crippen MR) is 90.3 cm³/mol. The first-order chi connectivity index (χ1) is 10.7. The van der Waals surface area contributed by atoms with Gasteiger partial charge in [0, 0.05) is 24.0 Å². The van der Waals surface area contributed by atoms with Crippen LogP contribution >= 0.6 is 15.9 Å². The second kappa shape index (κ2) is 8.22. The fraction of sp³-hybridized carbons (Fsp3) is 0.471. The molecule has 2 rings (SSSR count). The molecule has 120 valence electrons. The first kappa shape index (κ1) is 16.9. The Bertz CT molecular complexity index is 557. The van der Waals surface area contributed by atoms with E-state index < -0.39 is 0 Å². The highest BCUT2D eigenvalue weighted by Gasteiger charge is 2.17. The number of rotatable bonds is 4. The quantitative estimate of drug-likeness (QED) is 0.756.